The van der Waals surface area contributed by atoms with Crippen molar-refractivity contribution in [3.05, 3.63) is 29.8 Å². The maximum absolute atomic E-state index is 5.83. The fourth-order valence-electron chi connectivity index (χ4n) is 2.64. The maximum Gasteiger partial charge on any atom is 0.124 e. The molecule has 2 atom stereocenters. The van der Waals surface area contributed by atoms with Gasteiger partial charge in [-0.15, -0.1) is 0 Å². The van der Waals surface area contributed by atoms with E-state index in [4.69, 9.17) is 14.2 Å². The summed E-state index contributed by atoms with van der Waals surface area (Å²) in [6.45, 7) is 2.96. The minimum absolute atomic E-state index is 0.306. The van der Waals surface area contributed by atoms with Crippen molar-refractivity contribution in [1.82, 2.24) is 5.32 Å². The third kappa shape index (κ3) is 4.20. The van der Waals surface area contributed by atoms with E-state index in [1.54, 1.807) is 7.11 Å². The molecule has 1 aliphatic heterocycles. The highest BCUT2D eigenvalue weighted by atomic mass is 16.5. The Morgan fingerprint density at radius 1 is 1.35 bits per heavy atom. The Kier molecular flexibility index (Phi) is 6.30. The first-order valence-corrected chi connectivity index (χ1v) is 7.30. The molecular formula is C16H25NO3. The van der Waals surface area contributed by atoms with E-state index in [1.807, 2.05) is 19.2 Å². The van der Waals surface area contributed by atoms with Gasteiger partial charge in [0.05, 0.1) is 6.61 Å². The summed E-state index contributed by atoms with van der Waals surface area (Å²) in [5.41, 5.74) is 1.22. The Hall–Kier alpha value is -1.10. The predicted molar refractivity (Wildman–Crippen MR) is 79.2 cm³/mol. The number of ether oxygens (including phenoxy) is 3. The van der Waals surface area contributed by atoms with Gasteiger partial charge >= 0.3 is 0 Å². The molecule has 20 heavy (non-hydrogen) atoms. The molecule has 4 heteroatoms. The van der Waals surface area contributed by atoms with Crippen LogP contribution in [-0.4, -0.2) is 40.6 Å². The van der Waals surface area contributed by atoms with E-state index in [-0.39, 0.29) is 0 Å². The lowest BCUT2D eigenvalue weighted by atomic mass is 9.94. The van der Waals surface area contributed by atoms with Crippen molar-refractivity contribution in [2.75, 3.05) is 40.6 Å². The van der Waals surface area contributed by atoms with E-state index in [1.165, 1.54) is 5.56 Å². The van der Waals surface area contributed by atoms with Gasteiger partial charge < -0.3 is 19.5 Å². The predicted octanol–water partition coefficient (Wildman–Crippen LogP) is 2.40. The smallest absolute Gasteiger partial charge is 0.124 e. The van der Waals surface area contributed by atoms with Gasteiger partial charge in [-0.1, -0.05) is 18.2 Å². The molecule has 1 aliphatic rings. The van der Waals surface area contributed by atoms with Crippen LogP contribution in [0, 0.1) is 5.92 Å². The second kappa shape index (κ2) is 8.25. The minimum Gasteiger partial charge on any atom is -0.491 e. The van der Waals surface area contributed by atoms with Crippen molar-refractivity contribution < 1.29 is 14.2 Å². The number of hydrogen-bond donors (Lipinski definition) is 1. The van der Waals surface area contributed by atoms with E-state index in [2.05, 4.69) is 17.4 Å². The van der Waals surface area contributed by atoms with Gasteiger partial charge in [-0.3, -0.25) is 0 Å². The molecule has 1 aromatic rings. The van der Waals surface area contributed by atoms with E-state index < -0.39 is 0 Å². The Labute approximate surface area is 121 Å². The Morgan fingerprint density at radius 3 is 2.90 bits per heavy atom. The average molecular weight is 279 g/mol. The second-order valence-corrected chi connectivity index (χ2v) is 5.19. The van der Waals surface area contributed by atoms with Gasteiger partial charge in [-0.25, -0.2) is 0 Å². The average Bonchev–Trinajstić information content (AvgIpc) is 2.99. The van der Waals surface area contributed by atoms with Crippen molar-refractivity contribution in [3.8, 4) is 5.75 Å². The number of methoxy groups -OCH3 is 1. The van der Waals surface area contributed by atoms with Crippen LogP contribution in [0.3, 0.4) is 0 Å². The molecule has 0 bridgehead atoms. The number of rotatable bonds is 8. The number of nitrogens with one attached hydrogen (secondary N) is 1. The maximum atomic E-state index is 5.83. The lowest BCUT2D eigenvalue weighted by Crippen LogP contribution is -2.21. The second-order valence-electron chi connectivity index (χ2n) is 5.19. The molecule has 0 aromatic heterocycles. The summed E-state index contributed by atoms with van der Waals surface area (Å²) in [6.07, 6.45) is 2.24. The van der Waals surface area contributed by atoms with E-state index in [9.17, 15) is 0 Å². The standard InChI is InChI=1S/C16H25NO3/c1-17-15(11-13-7-8-19-12-13)14-5-3-4-6-16(14)20-10-9-18-2/h3-6,13,15,17H,7-12H2,1-2H3. The van der Waals surface area contributed by atoms with Gasteiger partial charge in [0.15, 0.2) is 0 Å². The summed E-state index contributed by atoms with van der Waals surface area (Å²) in [4.78, 5) is 0. The molecular weight excluding hydrogens is 254 g/mol. The van der Waals surface area contributed by atoms with Gasteiger partial charge in [0.1, 0.15) is 12.4 Å². The third-order valence-corrected chi connectivity index (χ3v) is 3.78. The minimum atomic E-state index is 0.306. The van der Waals surface area contributed by atoms with Crippen molar-refractivity contribution in [1.29, 1.82) is 0 Å². The molecule has 1 saturated heterocycles. The van der Waals surface area contributed by atoms with E-state index >= 15 is 0 Å². The molecule has 2 unspecified atom stereocenters. The van der Waals surface area contributed by atoms with Crippen LogP contribution in [0.4, 0.5) is 0 Å². The Bertz CT molecular complexity index is 391. The molecule has 1 N–H and O–H groups in total. The molecule has 1 fully saturated rings. The highest BCUT2D eigenvalue weighted by Gasteiger charge is 2.22. The van der Waals surface area contributed by atoms with Crippen molar-refractivity contribution in [2.45, 2.75) is 18.9 Å². The summed E-state index contributed by atoms with van der Waals surface area (Å²) >= 11 is 0. The molecule has 2 rings (SSSR count). The van der Waals surface area contributed by atoms with Gasteiger partial charge in [0, 0.05) is 31.9 Å². The molecule has 1 heterocycles. The van der Waals surface area contributed by atoms with Crippen LogP contribution in [0.5, 0.6) is 5.75 Å². The lowest BCUT2D eigenvalue weighted by Gasteiger charge is -2.22. The van der Waals surface area contributed by atoms with Crippen molar-refractivity contribution >= 4 is 0 Å². The lowest BCUT2D eigenvalue weighted by molar-refractivity contribution is 0.145. The first-order chi connectivity index (χ1) is 9.85. The number of benzene rings is 1. The fourth-order valence-corrected chi connectivity index (χ4v) is 2.64. The summed E-state index contributed by atoms with van der Waals surface area (Å²) < 4.78 is 16.3. The molecule has 4 nitrogen and oxygen atoms in total. The summed E-state index contributed by atoms with van der Waals surface area (Å²) in [6, 6.07) is 8.55. The molecule has 0 amide bonds. The molecule has 0 saturated carbocycles. The fraction of sp³-hybridized carbons (Fsp3) is 0.625. The van der Waals surface area contributed by atoms with Crippen molar-refractivity contribution in [3.63, 3.8) is 0 Å². The van der Waals surface area contributed by atoms with E-state index in [0.717, 1.165) is 31.8 Å². The van der Waals surface area contributed by atoms with E-state index in [0.29, 0.717) is 25.2 Å². The van der Waals surface area contributed by atoms with Crippen LogP contribution in [0.15, 0.2) is 24.3 Å². The highest BCUT2D eigenvalue weighted by Crippen LogP contribution is 2.31. The summed E-state index contributed by atoms with van der Waals surface area (Å²) in [5.74, 6) is 1.59. The third-order valence-electron chi connectivity index (χ3n) is 3.78. The number of hydrogen-bond acceptors (Lipinski definition) is 4. The van der Waals surface area contributed by atoms with Crippen molar-refractivity contribution in [2.24, 2.45) is 5.92 Å². The van der Waals surface area contributed by atoms with Gasteiger partial charge in [0.25, 0.3) is 0 Å². The molecule has 0 radical (unpaired) electrons. The van der Waals surface area contributed by atoms with Crippen LogP contribution in [-0.2, 0) is 9.47 Å². The zero-order chi connectivity index (χ0) is 14.2. The topological polar surface area (TPSA) is 39.7 Å². The largest absolute Gasteiger partial charge is 0.491 e. The van der Waals surface area contributed by atoms with Crippen LogP contribution < -0.4 is 10.1 Å². The van der Waals surface area contributed by atoms with Gasteiger partial charge in [0.2, 0.25) is 0 Å². The summed E-state index contributed by atoms with van der Waals surface area (Å²) in [7, 11) is 3.69. The van der Waals surface area contributed by atoms with Crippen LogP contribution in [0.1, 0.15) is 24.4 Å². The Morgan fingerprint density at radius 2 is 2.20 bits per heavy atom. The number of para-hydroxylation sites is 1. The normalized spacial score (nSPS) is 20.0. The molecule has 112 valence electrons. The van der Waals surface area contributed by atoms with Gasteiger partial charge in [-0.2, -0.15) is 0 Å². The quantitative estimate of drug-likeness (QED) is 0.742. The molecule has 0 spiro atoms. The zero-order valence-corrected chi connectivity index (χ0v) is 12.4. The first kappa shape index (κ1) is 15.3. The van der Waals surface area contributed by atoms with Crippen LogP contribution in [0.2, 0.25) is 0 Å². The zero-order valence-electron chi connectivity index (χ0n) is 12.4. The highest BCUT2D eigenvalue weighted by molar-refractivity contribution is 5.36. The monoisotopic (exact) mass is 279 g/mol. The van der Waals surface area contributed by atoms with Crippen LogP contribution in [0.25, 0.3) is 0 Å². The molecule has 0 aliphatic carbocycles. The van der Waals surface area contributed by atoms with Crippen LogP contribution >= 0.6 is 0 Å². The summed E-state index contributed by atoms with van der Waals surface area (Å²) in [5, 5.41) is 3.41. The Balaban J connectivity index is 2.03. The molecule has 1 aromatic carbocycles. The van der Waals surface area contributed by atoms with Gasteiger partial charge in [-0.05, 0) is 31.9 Å². The SMILES string of the molecule is CNC(CC1CCOC1)c1ccccc1OCCOC. The first-order valence-electron chi connectivity index (χ1n) is 7.30.